The van der Waals surface area contributed by atoms with Crippen molar-refractivity contribution in [3.8, 4) is 0 Å². The summed E-state index contributed by atoms with van der Waals surface area (Å²) in [5.74, 6) is 2.38. The zero-order valence-corrected chi connectivity index (χ0v) is 13.7. The summed E-state index contributed by atoms with van der Waals surface area (Å²) in [5, 5.41) is 0. The summed E-state index contributed by atoms with van der Waals surface area (Å²) in [6.45, 7) is 10.0. The molecule has 1 saturated heterocycles. The summed E-state index contributed by atoms with van der Waals surface area (Å²) in [6.07, 6.45) is 9.04. The van der Waals surface area contributed by atoms with Gasteiger partial charge in [-0.3, -0.25) is 9.69 Å². The van der Waals surface area contributed by atoms with Crippen LogP contribution in [0.2, 0.25) is 0 Å². The summed E-state index contributed by atoms with van der Waals surface area (Å²) in [7, 11) is 0. The fourth-order valence-corrected chi connectivity index (χ4v) is 5.06. The number of carbonyl (C=O) groups excluding carboxylic acids is 1. The van der Waals surface area contributed by atoms with E-state index in [1.54, 1.807) is 0 Å². The minimum Gasteiger partial charge on any atom is -0.298 e. The highest BCUT2D eigenvalue weighted by Gasteiger charge is 2.63. The van der Waals surface area contributed by atoms with E-state index in [-0.39, 0.29) is 11.6 Å². The molecular weight excluding hydrogens is 246 g/mol. The van der Waals surface area contributed by atoms with Gasteiger partial charge in [-0.2, -0.15) is 0 Å². The summed E-state index contributed by atoms with van der Waals surface area (Å²) in [5.41, 5.74) is 0.638. The van der Waals surface area contributed by atoms with E-state index in [0.29, 0.717) is 17.6 Å². The molecule has 1 spiro atoms. The molecule has 2 saturated carbocycles. The Morgan fingerprint density at radius 2 is 1.85 bits per heavy atom. The zero-order valence-electron chi connectivity index (χ0n) is 13.7. The highest BCUT2D eigenvalue weighted by Crippen LogP contribution is 2.66. The number of carbonyl (C=O) groups is 1. The van der Waals surface area contributed by atoms with Crippen LogP contribution in [0.5, 0.6) is 0 Å². The van der Waals surface area contributed by atoms with Crippen LogP contribution in [0.4, 0.5) is 0 Å². The van der Waals surface area contributed by atoms with Crippen molar-refractivity contribution < 1.29 is 4.79 Å². The average molecular weight is 277 g/mol. The van der Waals surface area contributed by atoms with Gasteiger partial charge >= 0.3 is 0 Å². The van der Waals surface area contributed by atoms with Crippen molar-refractivity contribution in [1.29, 1.82) is 0 Å². The number of nitrogens with zero attached hydrogens (tertiary/aromatic N) is 1. The van der Waals surface area contributed by atoms with Crippen LogP contribution in [0.15, 0.2) is 0 Å². The van der Waals surface area contributed by atoms with Crippen molar-refractivity contribution in [2.45, 2.75) is 84.2 Å². The Morgan fingerprint density at radius 1 is 1.20 bits per heavy atom. The van der Waals surface area contributed by atoms with Crippen molar-refractivity contribution in [2.75, 3.05) is 6.54 Å². The van der Waals surface area contributed by atoms with Crippen LogP contribution in [0.3, 0.4) is 0 Å². The maximum absolute atomic E-state index is 12.4. The molecule has 0 aromatic heterocycles. The number of hydrogen-bond donors (Lipinski definition) is 0. The molecule has 2 aliphatic carbocycles. The third-order valence-corrected chi connectivity index (χ3v) is 6.26. The van der Waals surface area contributed by atoms with Gasteiger partial charge in [-0.05, 0) is 50.9 Å². The molecule has 3 rings (SSSR count). The Labute approximate surface area is 124 Å². The topological polar surface area (TPSA) is 20.3 Å². The lowest BCUT2D eigenvalue weighted by Crippen LogP contribution is -2.47. The van der Waals surface area contributed by atoms with E-state index >= 15 is 0 Å². The monoisotopic (exact) mass is 277 g/mol. The second-order valence-electron chi connectivity index (χ2n) is 8.56. The third kappa shape index (κ3) is 2.34. The van der Waals surface area contributed by atoms with Crippen LogP contribution in [0, 0.1) is 17.3 Å². The Hall–Kier alpha value is -0.370. The molecule has 1 unspecified atom stereocenters. The lowest BCUT2D eigenvalue weighted by Gasteiger charge is -2.36. The summed E-state index contributed by atoms with van der Waals surface area (Å²) < 4.78 is 0. The molecule has 3 atom stereocenters. The molecule has 0 amide bonds. The molecule has 1 aliphatic heterocycles. The molecule has 114 valence electrons. The normalized spacial score (nSPS) is 38.8. The number of hydrogen-bond acceptors (Lipinski definition) is 2. The Morgan fingerprint density at radius 3 is 2.40 bits per heavy atom. The minimum atomic E-state index is 0.127. The molecule has 0 radical (unpaired) electrons. The smallest absolute Gasteiger partial charge is 0.149 e. The van der Waals surface area contributed by atoms with E-state index in [9.17, 15) is 4.79 Å². The van der Waals surface area contributed by atoms with Crippen molar-refractivity contribution in [3.63, 3.8) is 0 Å². The second kappa shape index (κ2) is 4.83. The maximum atomic E-state index is 12.4. The number of ketones is 1. The van der Waals surface area contributed by atoms with Gasteiger partial charge in [-0.1, -0.05) is 32.6 Å². The van der Waals surface area contributed by atoms with Crippen molar-refractivity contribution in [3.05, 3.63) is 0 Å². The van der Waals surface area contributed by atoms with Gasteiger partial charge in [0, 0.05) is 18.5 Å². The van der Waals surface area contributed by atoms with Crippen LogP contribution in [-0.4, -0.2) is 28.8 Å². The molecule has 3 fully saturated rings. The van der Waals surface area contributed by atoms with E-state index in [2.05, 4.69) is 25.7 Å². The van der Waals surface area contributed by atoms with E-state index in [0.717, 1.165) is 18.3 Å². The van der Waals surface area contributed by atoms with Gasteiger partial charge in [-0.15, -0.1) is 0 Å². The van der Waals surface area contributed by atoms with Crippen molar-refractivity contribution in [1.82, 2.24) is 4.90 Å². The molecule has 0 N–H and O–H groups in total. The first-order chi connectivity index (χ1) is 9.37. The van der Waals surface area contributed by atoms with Gasteiger partial charge in [0.25, 0.3) is 0 Å². The fraction of sp³-hybridized carbons (Fsp3) is 0.944. The quantitative estimate of drug-likeness (QED) is 0.776. The largest absolute Gasteiger partial charge is 0.298 e. The van der Waals surface area contributed by atoms with E-state index in [4.69, 9.17) is 0 Å². The van der Waals surface area contributed by atoms with Gasteiger partial charge in [0.2, 0.25) is 0 Å². The summed E-state index contributed by atoms with van der Waals surface area (Å²) >= 11 is 0. The van der Waals surface area contributed by atoms with Gasteiger partial charge < -0.3 is 0 Å². The lowest BCUT2D eigenvalue weighted by molar-refractivity contribution is -0.124. The standard InChI is InChI=1S/C18H31NO/c1-5-16(20)15-11-18(12-19(15)17(2,3)4)10-14(18)13-8-6-7-9-13/h13-15H,5-12H2,1-4H3/t14-,15?,18+/m0/s1. The molecule has 3 aliphatic rings. The Balaban J connectivity index is 1.75. The van der Waals surface area contributed by atoms with Crippen molar-refractivity contribution in [2.24, 2.45) is 17.3 Å². The number of Topliss-reactive ketones (excluding diaryl/α,β-unsaturated/α-hetero) is 1. The average Bonchev–Trinajstić information content (AvgIpc) is 2.81. The van der Waals surface area contributed by atoms with E-state index in [1.807, 2.05) is 6.92 Å². The van der Waals surface area contributed by atoms with Gasteiger partial charge in [0.15, 0.2) is 0 Å². The molecule has 2 nitrogen and oxygen atoms in total. The molecule has 0 bridgehead atoms. The minimum absolute atomic E-state index is 0.127. The van der Waals surface area contributed by atoms with Crippen LogP contribution >= 0.6 is 0 Å². The number of likely N-dealkylation sites (tertiary alicyclic amines) is 1. The van der Waals surface area contributed by atoms with Crippen LogP contribution in [0.25, 0.3) is 0 Å². The summed E-state index contributed by atoms with van der Waals surface area (Å²) in [6, 6.07) is 0.200. The Kier molecular flexibility index (Phi) is 3.52. The predicted molar refractivity (Wildman–Crippen MR) is 82.7 cm³/mol. The Bertz CT molecular complexity index is 391. The summed E-state index contributed by atoms with van der Waals surface area (Å²) in [4.78, 5) is 14.9. The zero-order chi connectivity index (χ0) is 14.5. The van der Waals surface area contributed by atoms with E-state index < -0.39 is 0 Å². The molecule has 1 heterocycles. The van der Waals surface area contributed by atoms with Crippen molar-refractivity contribution >= 4 is 5.78 Å². The van der Waals surface area contributed by atoms with Gasteiger partial charge in [0.1, 0.15) is 5.78 Å². The molecule has 0 aromatic carbocycles. The van der Waals surface area contributed by atoms with Crippen LogP contribution in [0.1, 0.15) is 72.6 Å². The van der Waals surface area contributed by atoms with Crippen LogP contribution < -0.4 is 0 Å². The molecule has 0 aromatic rings. The third-order valence-electron chi connectivity index (χ3n) is 6.26. The van der Waals surface area contributed by atoms with E-state index in [1.165, 1.54) is 38.6 Å². The second-order valence-corrected chi connectivity index (χ2v) is 8.56. The predicted octanol–water partition coefficient (Wildman–Crippen LogP) is 4.03. The highest BCUT2D eigenvalue weighted by atomic mass is 16.1. The first-order valence-corrected chi connectivity index (χ1v) is 8.67. The van der Waals surface area contributed by atoms with Gasteiger partial charge in [0.05, 0.1) is 6.04 Å². The van der Waals surface area contributed by atoms with Crippen LogP contribution in [-0.2, 0) is 4.79 Å². The van der Waals surface area contributed by atoms with Gasteiger partial charge in [-0.25, -0.2) is 0 Å². The number of rotatable bonds is 3. The maximum Gasteiger partial charge on any atom is 0.149 e. The molecule has 20 heavy (non-hydrogen) atoms. The molecular formula is C18H31NO. The fourth-order valence-electron chi connectivity index (χ4n) is 5.06. The highest BCUT2D eigenvalue weighted by molar-refractivity contribution is 5.84. The first kappa shape index (κ1) is 14.6. The molecule has 2 heteroatoms. The first-order valence-electron chi connectivity index (χ1n) is 8.67. The SMILES string of the molecule is CCC(=O)C1C[C@]2(C[C@H]2C2CCCC2)CN1C(C)(C)C. The lowest BCUT2D eigenvalue weighted by atomic mass is 9.90.